The Bertz CT molecular complexity index is 935. The molecule has 4 rings (SSSR count). The Balaban J connectivity index is 1.41. The molecule has 28 heavy (non-hydrogen) atoms. The molecule has 0 radical (unpaired) electrons. The van der Waals surface area contributed by atoms with Gasteiger partial charge in [-0.1, -0.05) is 36.4 Å². The van der Waals surface area contributed by atoms with Crippen molar-refractivity contribution in [2.75, 3.05) is 26.2 Å². The number of nitrogens with zero attached hydrogens (tertiary/aromatic N) is 2. The van der Waals surface area contributed by atoms with E-state index in [0.29, 0.717) is 48.6 Å². The van der Waals surface area contributed by atoms with Gasteiger partial charge in [0.05, 0.1) is 11.3 Å². The summed E-state index contributed by atoms with van der Waals surface area (Å²) < 4.78 is 20.1. The van der Waals surface area contributed by atoms with Gasteiger partial charge in [-0.3, -0.25) is 18.7 Å². The van der Waals surface area contributed by atoms with Crippen LogP contribution in [0.2, 0.25) is 0 Å². The third-order valence-electron chi connectivity index (χ3n) is 5.16. The molecule has 0 spiro atoms. The zero-order valence-electron chi connectivity index (χ0n) is 15.3. The Morgan fingerprint density at radius 1 is 0.893 bits per heavy atom. The largest absolute Gasteiger partial charge is 0.339 e. The summed E-state index contributed by atoms with van der Waals surface area (Å²) in [4.78, 5) is 29.4. The van der Waals surface area contributed by atoms with Crippen LogP contribution in [0.4, 0.5) is 0 Å². The number of hydrogen-bond donors (Lipinski definition) is 2. The highest BCUT2D eigenvalue weighted by molar-refractivity contribution is 8.27. The van der Waals surface area contributed by atoms with Crippen LogP contribution in [0.1, 0.15) is 21.5 Å². The quantitative estimate of drug-likeness (QED) is 0.831. The van der Waals surface area contributed by atoms with E-state index in [9.17, 15) is 18.7 Å². The molecule has 2 heterocycles. The van der Waals surface area contributed by atoms with E-state index in [0.717, 1.165) is 5.56 Å². The highest BCUT2D eigenvalue weighted by atomic mass is 32.3. The Labute approximate surface area is 165 Å². The Morgan fingerprint density at radius 2 is 1.57 bits per heavy atom. The summed E-state index contributed by atoms with van der Waals surface area (Å²) >= 11 is 0. The Hall–Kier alpha value is -2.61. The lowest BCUT2D eigenvalue weighted by molar-refractivity contribution is -0.131. The van der Waals surface area contributed by atoms with Crippen LogP contribution in [0.3, 0.4) is 0 Å². The van der Waals surface area contributed by atoms with Crippen molar-refractivity contribution in [3.05, 3.63) is 70.6 Å². The number of hydrogen-bond acceptors (Lipinski definition) is 4. The maximum atomic E-state index is 13.0. The summed E-state index contributed by atoms with van der Waals surface area (Å²) in [6.07, 6.45) is 1.97. The van der Waals surface area contributed by atoms with Crippen LogP contribution in [-0.2, 0) is 11.2 Å². The van der Waals surface area contributed by atoms with Gasteiger partial charge in [-0.05, 0) is 23.8 Å². The molecule has 2 aromatic rings. The number of carbonyl (C=O) groups is 2. The molecular weight excluding hydrogens is 376 g/mol. The highest BCUT2D eigenvalue weighted by Crippen LogP contribution is 2.56. The van der Waals surface area contributed by atoms with Crippen molar-refractivity contribution in [3.63, 3.8) is 0 Å². The number of benzene rings is 2. The molecule has 2 N–H and O–H groups in total. The first-order valence-corrected chi connectivity index (χ1v) is 10.8. The molecule has 6 nitrogen and oxygen atoms in total. The van der Waals surface area contributed by atoms with Gasteiger partial charge in [0, 0.05) is 42.7 Å². The summed E-state index contributed by atoms with van der Waals surface area (Å²) in [6.45, 7) is 1.92. The average Bonchev–Trinajstić information content (AvgIpc) is 3.03. The minimum Gasteiger partial charge on any atom is -0.339 e. The highest BCUT2D eigenvalue weighted by Gasteiger charge is 2.29. The maximum Gasteiger partial charge on any atom is 0.254 e. The van der Waals surface area contributed by atoms with Crippen LogP contribution in [0.25, 0.3) is 6.08 Å². The van der Waals surface area contributed by atoms with Gasteiger partial charge >= 0.3 is 0 Å². The van der Waals surface area contributed by atoms with Gasteiger partial charge in [-0.15, -0.1) is 10.6 Å². The topological polar surface area (TPSA) is 81.1 Å². The lowest BCUT2D eigenvalue weighted by Gasteiger charge is -2.35. The third-order valence-corrected chi connectivity index (χ3v) is 6.68. The predicted molar refractivity (Wildman–Crippen MR) is 109 cm³/mol. The molecule has 2 aliphatic heterocycles. The van der Waals surface area contributed by atoms with Crippen LogP contribution in [0.15, 0.2) is 58.8 Å². The van der Waals surface area contributed by atoms with Gasteiger partial charge in [-0.2, -0.15) is 0 Å². The number of rotatable bonds is 3. The summed E-state index contributed by atoms with van der Waals surface area (Å²) in [7, 11) is -2.95. The SMILES string of the molecule is O=C(Cc1ccccc1)N1CCN(C(=O)c2cccc3c2C=CS3(O)O)CC1. The van der Waals surface area contributed by atoms with Crippen molar-refractivity contribution >= 4 is 28.5 Å². The first kappa shape index (κ1) is 18.7. The van der Waals surface area contributed by atoms with Gasteiger partial charge in [0.2, 0.25) is 5.91 Å². The smallest absolute Gasteiger partial charge is 0.254 e. The van der Waals surface area contributed by atoms with Crippen LogP contribution < -0.4 is 0 Å². The molecule has 0 saturated carbocycles. The van der Waals surface area contributed by atoms with Crippen LogP contribution >= 0.6 is 10.6 Å². The van der Waals surface area contributed by atoms with Gasteiger partial charge in [0.25, 0.3) is 5.91 Å². The van der Waals surface area contributed by atoms with Crippen molar-refractivity contribution in [2.45, 2.75) is 11.3 Å². The average molecular weight is 398 g/mol. The molecule has 2 amide bonds. The van der Waals surface area contributed by atoms with Crippen molar-refractivity contribution < 1.29 is 18.7 Å². The maximum absolute atomic E-state index is 13.0. The monoisotopic (exact) mass is 398 g/mol. The molecule has 2 aliphatic rings. The number of piperazine rings is 1. The Kier molecular flexibility index (Phi) is 4.97. The van der Waals surface area contributed by atoms with E-state index in [2.05, 4.69) is 0 Å². The van der Waals surface area contributed by atoms with Crippen molar-refractivity contribution in [2.24, 2.45) is 0 Å². The molecule has 0 aromatic heterocycles. The van der Waals surface area contributed by atoms with Crippen molar-refractivity contribution in [1.29, 1.82) is 0 Å². The van der Waals surface area contributed by atoms with Gasteiger partial charge in [-0.25, -0.2) is 0 Å². The Morgan fingerprint density at radius 3 is 2.29 bits per heavy atom. The zero-order valence-corrected chi connectivity index (χ0v) is 16.1. The molecule has 0 unspecified atom stereocenters. The minimum atomic E-state index is -2.95. The molecular formula is C21H22N2O4S. The second-order valence-corrected chi connectivity index (χ2v) is 8.85. The molecule has 0 atom stereocenters. The fraction of sp³-hybridized carbons (Fsp3) is 0.238. The van der Waals surface area contributed by atoms with Gasteiger partial charge in [0.15, 0.2) is 0 Å². The van der Waals surface area contributed by atoms with E-state index in [1.165, 1.54) is 5.41 Å². The van der Waals surface area contributed by atoms with Gasteiger partial charge in [0.1, 0.15) is 0 Å². The van der Waals surface area contributed by atoms with Crippen LogP contribution in [-0.4, -0.2) is 56.9 Å². The normalized spacial score (nSPS) is 18.6. The lowest BCUT2D eigenvalue weighted by Crippen LogP contribution is -2.51. The first-order chi connectivity index (χ1) is 13.5. The summed E-state index contributed by atoms with van der Waals surface area (Å²) in [5.74, 6) is -0.0791. The molecule has 1 saturated heterocycles. The fourth-order valence-corrected chi connectivity index (χ4v) is 4.87. The lowest BCUT2D eigenvalue weighted by atomic mass is 10.1. The molecule has 1 fully saturated rings. The number of amides is 2. The van der Waals surface area contributed by atoms with Crippen LogP contribution in [0.5, 0.6) is 0 Å². The van der Waals surface area contributed by atoms with E-state index >= 15 is 0 Å². The summed E-state index contributed by atoms with van der Waals surface area (Å²) in [5, 5.41) is 1.36. The van der Waals surface area contributed by atoms with E-state index < -0.39 is 10.6 Å². The fourth-order valence-electron chi connectivity index (χ4n) is 3.61. The molecule has 7 heteroatoms. The first-order valence-electron chi connectivity index (χ1n) is 9.16. The molecule has 146 valence electrons. The standard InChI is InChI=1S/C21H22N2O4S/c24-20(15-16-5-2-1-3-6-16)22-10-12-23(13-11-22)21(25)18-7-4-8-19-17(18)9-14-28(19,26)27/h1-9,14,26-27H,10-13,15H2. The van der Waals surface area contributed by atoms with Crippen LogP contribution in [0, 0.1) is 0 Å². The second-order valence-electron chi connectivity index (χ2n) is 6.95. The van der Waals surface area contributed by atoms with Gasteiger partial charge < -0.3 is 9.80 Å². The second kappa shape index (κ2) is 7.43. The number of fused-ring (bicyclic) bond motifs is 1. The van der Waals surface area contributed by atoms with E-state index in [1.54, 1.807) is 34.1 Å². The molecule has 0 bridgehead atoms. The minimum absolute atomic E-state index is 0.0655. The predicted octanol–water partition coefficient (Wildman–Crippen LogP) is 3.31. The number of carbonyl (C=O) groups excluding carboxylic acids is 2. The van der Waals surface area contributed by atoms with Crippen molar-refractivity contribution in [3.8, 4) is 0 Å². The van der Waals surface area contributed by atoms with Crippen molar-refractivity contribution in [1.82, 2.24) is 9.80 Å². The molecule has 2 aromatic carbocycles. The van der Waals surface area contributed by atoms with E-state index in [-0.39, 0.29) is 11.8 Å². The zero-order chi connectivity index (χ0) is 19.7. The van der Waals surface area contributed by atoms with E-state index in [1.807, 2.05) is 30.3 Å². The van der Waals surface area contributed by atoms with E-state index in [4.69, 9.17) is 0 Å². The third kappa shape index (κ3) is 3.56. The summed E-state index contributed by atoms with van der Waals surface area (Å²) in [6, 6.07) is 14.7. The summed E-state index contributed by atoms with van der Waals surface area (Å²) in [5.41, 5.74) is 2.03. The molecule has 0 aliphatic carbocycles.